The van der Waals surface area contributed by atoms with Crippen LogP contribution in [0.4, 0.5) is 0 Å². The lowest BCUT2D eigenvalue weighted by Gasteiger charge is -2.63. The molecule has 0 radical (unpaired) electrons. The number of rotatable bonds is 6. The van der Waals surface area contributed by atoms with E-state index < -0.39 is 76.1 Å². The van der Waals surface area contributed by atoms with Crippen molar-refractivity contribution in [3.8, 4) is 0 Å². The van der Waals surface area contributed by atoms with Crippen LogP contribution in [0.1, 0.15) is 65.0 Å². The lowest BCUT2D eigenvalue weighted by atomic mass is 9.37. The molecule has 0 bridgehead atoms. The highest BCUT2D eigenvalue weighted by molar-refractivity contribution is 5.92. The summed E-state index contributed by atoms with van der Waals surface area (Å²) in [5.41, 5.74) is -5.70. The number of carboxylic acid groups (broad SMARTS) is 2. The number of fused-ring (bicyclic) bond motifs is 4. The first-order valence-electron chi connectivity index (χ1n) is 12.4. The van der Waals surface area contributed by atoms with Gasteiger partial charge in [0.2, 0.25) is 0 Å². The third kappa shape index (κ3) is 2.78. The van der Waals surface area contributed by atoms with Crippen LogP contribution in [0.25, 0.3) is 0 Å². The monoisotopic (exact) mass is 506 g/mol. The molecule has 1 aromatic rings. The van der Waals surface area contributed by atoms with Crippen LogP contribution in [-0.4, -0.2) is 68.2 Å². The van der Waals surface area contributed by atoms with Crippen molar-refractivity contribution in [2.75, 3.05) is 6.61 Å². The van der Waals surface area contributed by atoms with Gasteiger partial charge in [-0.15, -0.1) is 0 Å². The standard InChI is InChI=1S/C26H34O10/c1-22(2)15-9-16(28)24(4)14(25(15,12-27)17(35-22)10-18(29)30)5-7-23(3,19(31)13-6-8-34-11-13)26(24)20(36-26)21(32)33/h6,8,11,14-15,17,19-20,27,31H,5,7,9-10,12H2,1-4H3,(H,29,30)(H,32,33)/t14-,15-,17-,19-,20+,23-,24-,25+,26+/m0/s1. The quantitative estimate of drug-likeness (QED) is 0.420. The summed E-state index contributed by atoms with van der Waals surface area (Å²) in [4.78, 5) is 38.4. The van der Waals surface area contributed by atoms with Crippen molar-refractivity contribution >= 4 is 17.7 Å². The van der Waals surface area contributed by atoms with Crippen molar-refractivity contribution in [3.05, 3.63) is 24.2 Å². The molecule has 3 heterocycles. The lowest BCUT2D eigenvalue weighted by molar-refractivity contribution is -0.206. The summed E-state index contributed by atoms with van der Waals surface area (Å²) in [5.74, 6) is -3.63. The summed E-state index contributed by atoms with van der Waals surface area (Å²) in [5, 5.41) is 42.2. The predicted molar refractivity (Wildman–Crippen MR) is 122 cm³/mol. The molecular weight excluding hydrogens is 472 g/mol. The van der Waals surface area contributed by atoms with E-state index in [-0.39, 0.29) is 25.0 Å². The second-order valence-electron chi connectivity index (χ2n) is 12.0. The first kappa shape index (κ1) is 25.4. The van der Waals surface area contributed by atoms with Gasteiger partial charge in [-0.25, -0.2) is 4.79 Å². The van der Waals surface area contributed by atoms with Gasteiger partial charge in [-0.3, -0.25) is 9.59 Å². The molecule has 0 amide bonds. The maximum absolute atomic E-state index is 14.2. The molecule has 4 N–H and O–H groups in total. The number of Topliss-reactive ketones (excluding diaryl/α,β-unsaturated/α-hetero) is 1. The molecule has 10 nitrogen and oxygen atoms in total. The van der Waals surface area contributed by atoms with Gasteiger partial charge in [-0.1, -0.05) is 6.92 Å². The Kier molecular flexibility index (Phi) is 5.38. The van der Waals surface area contributed by atoms with Crippen molar-refractivity contribution < 1.29 is 48.7 Å². The fraction of sp³-hybridized carbons (Fsp3) is 0.731. The number of ether oxygens (including phenoxy) is 2. The van der Waals surface area contributed by atoms with Crippen molar-refractivity contribution in [3.63, 3.8) is 0 Å². The number of aliphatic carboxylic acids is 2. The Bertz CT molecular complexity index is 1100. The van der Waals surface area contributed by atoms with Gasteiger partial charge in [0.25, 0.3) is 0 Å². The molecular formula is C26H34O10. The van der Waals surface area contributed by atoms with E-state index in [1.54, 1.807) is 33.8 Å². The maximum Gasteiger partial charge on any atom is 0.335 e. The van der Waals surface area contributed by atoms with Crippen molar-refractivity contribution in [2.24, 2.45) is 28.1 Å². The molecule has 2 saturated carbocycles. The average molecular weight is 507 g/mol. The topological polar surface area (TPSA) is 167 Å². The number of furan rings is 1. The molecule has 9 atom stereocenters. The number of ketones is 1. The minimum absolute atomic E-state index is 0.0218. The molecule has 0 aromatic carbocycles. The molecule has 198 valence electrons. The average Bonchev–Trinajstić information content (AvgIpc) is 3.27. The van der Waals surface area contributed by atoms with Crippen molar-refractivity contribution in [2.45, 2.75) is 82.9 Å². The minimum atomic E-state index is -1.57. The Balaban J connectivity index is 1.70. The van der Waals surface area contributed by atoms with E-state index in [4.69, 9.17) is 13.9 Å². The molecule has 1 aromatic heterocycles. The van der Waals surface area contributed by atoms with E-state index in [9.17, 15) is 34.8 Å². The van der Waals surface area contributed by atoms with Gasteiger partial charge in [0.15, 0.2) is 6.10 Å². The third-order valence-corrected chi connectivity index (χ3v) is 10.4. The minimum Gasteiger partial charge on any atom is -0.481 e. The number of carbonyl (C=O) groups is 3. The van der Waals surface area contributed by atoms with E-state index in [2.05, 4.69) is 0 Å². The smallest absolute Gasteiger partial charge is 0.335 e. The normalized spacial score (nSPS) is 45.7. The van der Waals surface area contributed by atoms with Crippen LogP contribution < -0.4 is 0 Å². The largest absolute Gasteiger partial charge is 0.481 e. The van der Waals surface area contributed by atoms with E-state index in [0.717, 1.165) is 0 Å². The van der Waals surface area contributed by atoms with Gasteiger partial charge in [-0.05, 0) is 45.6 Å². The Labute approximate surface area is 208 Å². The third-order valence-electron chi connectivity index (χ3n) is 10.4. The van der Waals surface area contributed by atoms with Crippen molar-refractivity contribution in [1.82, 2.24) is 0 Å². The summed E-state index contributed by atoms with van der Waals surface area (Å²) in [6.45, 7) is 6.61. The molecule has 0 unspecified atom stereocenters. The number of hydrogen-bond acceptors (Lipinski definition) is 8. The molecule has 1 spiro atoms. The Morgan fingerprint density at radius 3 is 2.36 bits per heavy atom. The van der Waals surface area contributed by atoms with Gasteiger partial charge in [0, 0.05) is 28.7 Å². The summed E-state index contributed by atoms with van der Waals surface area (Å²) in [6.07, 6.45) is -0.348. The molecule has 5 rings (SSSR count). The van der Waals surface area contributed by atoms with Crippen LogP contribution >= 0.6 is 0 Å². The zero-order valence-electron chi connectivity index (χ0n) is 20.9. The first-order valence-corrected chi connectivity index (χ1v) is 12.4. The van der Waals surface area contributed by atoms with Gasteiger partial charge in [0.05, 0.1) is 48.8 Å². The zero-order valence-corrected chi connectivity index (χ0v) is 20.9. The number of carboxylic acids is 2. The Morgan fingerprint density at radius 1 is 1.14 bits per heavy atom. The zero-order chi connectivity index (χ0) is 26.5. The van der Waals surface area contributed by atoms with Crippen molar-refractivity contribution in [1.29, 1.82) is 0 Å². The van der Waals surface area contributed by atoms with Gasteiger partial charge in [0.1, 0.15) is 11.4 Å². The summed E-state index contributed by atoms with van der Waals surface area (Å²) < 4.78 is 17.5. The summed E-state index contributed by atoms with van der Waals surface area (Å²) in [7, 11) is 0. The van der Waals surface area contributed by atoms with E-state index >= 15 is 0 Å². The fourth-order valence-corrected chi connectivity index (χ4v) is 8.76. The Hall–Kier alpha value is -2.27. The van der Waals surface area contributed by atoms with Crippen LogP contribution in [0, 0.1) is 28.1 Å². The second-order valence-corrected chi connectivity index (χ2v) is 12.0. The predicted octanol–water partition coefficient (Wildman–Crippen LogP) is 2.18. The van der Waals surface area contributed by atoms with Crippen LogP contribution in [0.2, 0.25) is 0 Å². The number of aliphatic hydroxyl groups excluding tert-OH is 2. The van der Waals surface area contributed by atoms with Crippen LogP contribution in [-0.2, 0) is 23.9 Å². The lowest BCUT2D eigenvalue weighted by Crippen LogP contribution is -2.71. The molecule has 4 fully saturated rings. The second kappa shape index (κ2) is 7.63. The Morgan fingerprint density at radius 2 is 1.83 bits per heavy atom. The molecule has 36 heavy (non-hydrogen) atoms. The summed E-state index contributed by atoms with van der Waals surface area (Å²) in [6, 6.07) is 1.60. The van der Waals surface area contributed by atoms with Gasteiger partial charge < -0.3 is 34.3 Å². The van der Waals surface area contributed by atoms with Crippen LogP contribution in [0.3, 0.4) is 0 Å². The fourth-order valence-electron chi connectivity index (χ4n) is 8.76. The molecule has 10 heteroatoms. The molecule has 2 aliphatic heterocycles. The number of carbonyl (C=O) groups excluding carboxylic acids is 1. The molecule has 2 aliphatic carbocycles. The number of epoxide rings is 1. The highest BCUT2D eigenvalue weighted by Gasteiger charge is 2.87. The van der Waals surface area contributed by atoms with Crippen LogP contribution in [0.5, 0.6) is 0 Å². The van der Waals surface area contributed by atoms with Crippen LogP contribution in [0.15, 0.2) is 23.0 Å². The van der Waals surface area contributed by atoms with Gasteiger partial charge in [-0.2, -0.15) is 0 Å². The molecule has 4 aliphatic rings. The highest BCUT2D eigenvalue weighted by atomic mass is 16.6. The highest BCUT2D eigenvalue weighted by Crippen LogP contribution is 2.77. The number of hydrogen-bond donors (Lipinski definition) is 4. The number of aliphatic hydroxyl groups is 2. The molecule has 2 saturated heterocycles. The maximum atomic E-state index is 14.2. The van der Waals surface area contributed by atoms with E-state index in [1.807, 2.05) is 0 Å². The van der Waals surface area contributed by atoms with Gasteiger partial charge >= 0.3 is 11.9 Å². The SMILES string of the molecule is CC1(C)O[C@@H](CC(=O)O)[C@]2(CO)[C@H]3CC[C@@](C)([C@@H](O)c4ccoc4)[C@@]4(O[C@@H]4C(=O)O)[C@]3(C)C(=O)C[C@@H]12. The van der Waals surface area contributed by atoms with E-state index in [1.165, 1.54) is 12.5 Å². The van der Waals surface area contributed by atoms with E-state index in [0.29, 0.717) is 12.0 Å². The first-order chi connectivity index (χ1) is 16.7. The summed E-state index contributed by atoms with van der Waals surface area (Å²) >= 11 is 0.